The van der Waals surface area contributed by atoms with E-state index in [4.69, 9.17) is 16.3 Å². The zero-order valence-electron chi connectivity index (χ0n) is 8.74. The van der Waals surface area contributed by atoms with Crippen LogP contribution in [0.4, 0.5) is 5.69 Å². The first-order chi connectivity index (χ1) is 8.24. The van der Waals surface area contributed by atoms with E-state index < -0.39 is 0 Å². The Labute approximate surface area is 103 Å². The smallest absolute Gasteiger partial charge is 0.259 e. The normalized spacial score (nSPS) is 12.9. The van der Waals surface area contributed by atoms with E-state index in [0.29, 0.717) is 27.8 Å². The van der Waals surface area contributed by atoms with Gasteiger partial charge >= 0.3 is 0 Å². The average molecular weight is 246 g/mol. The summed E-state index contributed by atoms with van der Waals surface area (Å²) in [5, 5.41) is 3.33. The minimum atomic E-state index is -0.193. The molecule has 2 aromatic rings. The van der Waals surface area contributed by atoms with Gasteiger partial charge in [0.15, 0.2) is 5.75 Å². The van der Waals surface area contributed by atoms with E-state index in [1.165, 1.54) is 0 Å². The lowest BCUT2D eigenvalue weighted by Crippen LogP contribution is -2.10. The fourth-order valence-electron chi connectivity index (χ4n) is 1.74. The van der Waals surface area contributed by atoms with Gasteiger partial charge in [-0.3, -0.25) is 4.79 Å². The van der Waals surface area contributed by atoms with Crippen molar-refractivity contribution < 1.29 is 9.53 Å². The fourth-order valence-corrected chi connectivity index (χ4v) is 1.90. The molecule has 0 radical (unpaired) electrons. The Hall–Kier alpha value is -2.00. The molecule has 0 bridgehead atoms. The number of para-hydroxylation sites is 2. The topological polar surface area (TPSA) is 38.3 Å². The molecule has 2 aromatic carbocycles. The summed E-state index contributed by atoms with van der Waals surface area (Å²) in [7, 11) is 0. The summed E-state index contributed by atoms with van der Waals surface area (Å²) >= 11 is 5.89. The number of rotatable bonds is 0. The summed E-state index contributed by atoms with van der Waals surface area (Å²) in [6.45, 7) is 0. The number of carbonyl (C=O) groups is 1. The number of nitrogens with one attached hydrogen (secondary N) is 1. The molecular weight excluding hydrogens is 238 g/mol. The Morgan fingerprint density at radius 3 is 2.76 bits per heavy atom. The largest absolute Gasteiger partial charge is 0.454 e. The van der Waals surface area contributed by atoms with Gasteiger partial charge in [0.05, 0.1) is 11.3 Å². The van der Waals surface area contributed by atoms with Crippen LogP contribution in [-0.4, -0.2) is 5.91 Å². The minimum absolute atomic E-state index is 0.193. The molecule has 1 aliphatic rings. The summed E-state index contributed by atoms with van der Waals surface area (Å²) in [6, 6.07) is 12.2. The van der Waals surface area contributed by atoms with Crippen molar-refractivity contribution >= 4 is 23.2 Å². The maximum atomic E-state index is 11.9. The van der Waals surface area contributed by atoms with Crippen LogP contribution in [-0.2, 0) is 0 Å². The molecular formula is C13H8ClNO2. The first kappa shape index (κ1) is 10.2. The van der Waals surface area contributed by atoms with E-state index in [0.717, 1.165) is 0 Å². The number of ether oxygens (including phenoxy) is 1. The molecule has 1 N–H and O–H groups in total. The average Bonchev–Trinajstić information content (AvgIpc) is 2.44. The van der Waals surface area contributed by atoms with Crippen molar-refractivity contribution in [2.24, 2.45) is 0 Å². The predicted octanol–water partition coefficient (Wildman–Crippen LogP) is 3.70. The summed E-state index contributed by atoms with van der Waals surface area (Å²) < 4.78 is 5.69. The van der Waals surface area contributed by atoms with Crippen molar-refractivity contribution in [3.8, 4) is 11.5 Å². The third kappa shape index (κ3) is 1.74. The zero-order chi connectivity index (χ0) is 11.8. The van der Waals surface area contributed by atoms with Gasteiger partial charge in [-0.25, -0.2) is 0 Å². The van der Waals surface area contributed by atoms with Crippen LogP contribution in [0.3, 0.4) is 0 Å². The third-order valence-electron chi connectivity index (χ3n) is 2.54. The molecule has 0 aromatic heterocycles. The molecule has 17 heavy (non-hydrogen) atoms. The lowest BCUT2D eigenvalue weighted by atomic mass is 10.2. The van der Waals surface area contributed by atoms with Crippen LogP contribution in [0.25, 0.3) is 0 Å². The van der Waals surface area contributed by atoms with Crippen molar-refractivity contribution in [2.45, 2.75) is 0 Å². The van der Waals surface area contributed by atoms with Gasteiger partial charge in [-0.2, -0.15) is 0 Å². The van der Waals surface area contributed by atoms with Crippen LogP contribution in [0.2, 0.25) is 5.02 Å². The molecule has 3 nitrogen and oxygen atoms in total. The number of fused-ring (bicyclic) bond motifs is 2. The number of amides is 1. The van der Waals surface area contributed by atoms with Crippen LogP contribution in [0.5, 0.6) is 11.5 Å². The van der Waals surface area contributed by atoms with Gasteiger partial charge in [0.1, 0.15) is 5.75 Å². The lowest BCUT2D eigenvalue weighted by Gasteiger charge is -2.06. The van der Waals surface area contributed by atoms with Crippen LogP contribution in [0, 0.1) is 0 Å². The summed E-state index contributed by atoms with van der Waals surface area (Å²) in [4.78, 5) is 11.9. The third-order valence-corrected chi connectivity index (χ3v) is 2.78. The van der Waals surface area contributed by atoms with E-state index in [1.807, 2.05) is 12.1 Å². The van der Waals surface area contributed by atoms with E-state index in [2.05, 4.69) is 5.32 Å². The van der Waals surface area contributed by atoms with Gasteiger partial charge < -0.3 is 10.1 Å². The molecule has 4 heteroatoms. The van der Waals surface area contributed by atoms with E-state index >= 15 is 0 Å². The Bertz CT molecular complexity index is 610. The van der Waals surface area contributed by atoms with Gasteiger partial charge in [0.25, 0.3) is 5.91 Å². The molecule has 0 saturated heterocycles. The van der Waals surface area contributed by atoms with Gasteiger partial charge in [0, 0.05) is 11.1 Å². The first-order valence-corrected chi connectivity index (χ1v) is 5.49. The van der Waals surface area contributed by atoms with Gasteiger partial charge in [-0.15, -0.1) is 0 Å². The molecule has 0 saturated carbocycles. The Morgan fingerprint density at radius 2 is 1.88 bits per heavy atom. The second kappa shape index (κ2) is 3.79. The quantitative estimate of drug-likeness (QED) is 0.769. The number of anilines is 1. The number of hydrogen-bond donors (Lipinski definition) is 1. The highest BCUT2D eigenvalue weighted by Crippen LogP contribution is 2.36. The maximum Gasteiger partial charge on any atom is 0.259 e. The SMILES string of the molecule is O=C1Nc2ccccc2Oc2cc(Cl)ccc21. The summed E-state index contributed by atoms with van der Waals surface area (Å²) in [5.74, 6) is 0.892. The zero-order valence-corrected chi connectivity index (χ0v) is 9.49. The second-order valence-electron chi connectivity index (χ2n) is 3.69. The molecule has 84 valence electrons. The number of halogens is 1. The van der Waals surface area contributed by atoms with Crippen LogP contribution >= 0.6 is 11.6 Å². The predicted molar refractivity (Wildman–Crippen MR) is 65.9 cm³/mol. The number of carbonyl (C=O) groups excluding carboxylic acids is 1. The number of benzene rings is 2. The molecule has 0 spiro atoms. The second-order valence-corrected chi connectivity index (χ2v) is 4.13. The maximum absolute atomic E-state index is 11.9. The van der Waals surface area contributed by atoms with Crippen LogP contribution < -0.4 is 10.1 Å². The van der Waals surface area contributed by atoms with Crippen molar-refractivity contribution in [1.82, 2.24) is 0 Å². The van der Waals surface area contributed by atoms with Crippen LogP contribution in [0.15, 0.2) is 42.5 Å². The van der Waals surface area contributed by atoms with Crippen molar-refractivity contribution in [3.63, 3.8) is 0 Å². The monoisotopic (exact) mass is 245 g/mol. The van der Waals surface area contributed by atoms with Crippen molar-refractivity contribution in [2.75, 3.05) is 5.32 Å². The van der Waals surface area contributed by atoms with Gasteiger partial charge in [-0.05, 0) is 24.3 Å². The van der Waals surface area contributed by atoms with E-state index in [1.54, 1.807) is 30.3 Å². The Morgan fingerprint density at radius 1 is 1.06 bits per heavy atom. The molecule has 0 aliphatic carbocycles. The molecule has 0 atom stereocenters. The van der Waals surface area contributed by atoms with Crippen LogP contribution in [0.1, 0.15) is 10.4 Å². The highest BCUT2D eigenvalue weighted by molar-refractivity contribution is 6.31. The number of hydrogen-bond acceptors (Lipinski definition) is 2. The van der Waals surface area contributed by atoms with E-state index in [9.17, 15) is 4.79 Å². The van der Waals surface area contributed by atoms with Gasteiger partial charge in [-0.1, -0.05) is 23.7 Å². The Kier molecular flexibility index (Phi) is 2.27. The lowest BCUT2D eigenvalue weighted by molar-refractivity contribution is 0.102. The Balaban J connectivity index is 2.18. The van der Waals surface area contributed by atoms with Gasteiger partial charge in [0.2, 0.25) is 0 Å². The molecule has 1 aliphatic heterocycles. The molecule has 0 unspecified atom stereocenters. The minimum Gasteiger partial charge on any atom is -0.454 e. The van der Waals surface area contributed by atoms with Crippen molar-refractivity contribution in [1.29, 1.82) is 0 Å². The molecule has 1 heterocycles. The standard InChI is InChI=1S/C13H8ClNO2/c14-8-5-6-9-12(7-8)17-11-4-2-1-3-10(11)15-13(9)16/h1-7H,(H,15,16). The van der Waals surface area contributed by atoms with E-state index in [-0.39, 0.29) is 5.91 Å². The summed E-state index contributed by atoms with van der Waals surface area (Å²) in [5.41, 5.74) is 1.13. The van der Waals surface area contributed by atoms with Crippen molar-refractivity contribution in [3.05, 3.63) is 53.1 Å². The molecule has 1 amide bonds. The molecule has 3 rings (SSSR count). The highest BCUT2D eigenvalue weighted by atomic mass is 35.5. The first-order valence-electron chi connectivity index (χ1n) is 5.12. The summed E-state index contributed by atoms with van der Waals surface area (Å²) in [6.07, 6.45) is 0. The molecule has 0 fully saturated rings. The fraction of sp³-hybridized carbons (Fsp3) is 0. The highest BCUT2D eigenvalue weighted by Gasteiger charge is 2.20.